The van der Waals surface area contributed by atoms with Crippen LogP contribution in [-0.4, -0.2) is 24.6 Å². The van der Waals surface area contributed by atoms with E-state index in [1.807, 2.05) is 0 Å². The molecule has 0 aromatic rings. The van der Waals surface area contributed by atoms with Crippen LogP contribution in [0.15, 0.2) is 0 Å². The zero-order valence-corrected chi connectivity index (χ0v) is 36.8. The van der Waals surface area contributed by atoms with E-state index in [9.17, 15) is 0 Å². The minimum absolute atomic E-state index is 1.06. The van der Waals surface area contributed by atoms with Crippen LogP contribution in [0.5, 0.6) is 0 Å². The Kier molecular flexibility index (Phi) is 41.6. The van der Waals surface area contributed by atoms with Crippen molar-refractivity contribution < 1.29 is 0 Å². The van der Waals surface area contributed by atoms with Gasteiger partial charge in [-0.25, -0.2) is 0 Å². The summed E-state index contributed by atoms with van der Waals surface area (Å²) in [5.41, 5.74) is 0. The summed E-state index contributed by atoms with van der Waals surface area (Å²) in [4.78, 5) is 0. The average molecular weight is 709 g/mol. The maximum absolute atomic E-state index is 2.45. The average Bonchev–Trinajstić information content (AvgIpc) is 3.11. The van der Waals surface area contributed by atoms with E-state index in [-0.39, 0.29) is 0 Å². The van der Waals surface area contributed by atoms with E-state index < -0.39 is 7.26 Å². The Balaban J connectivity index is 4.45. The van der Waals surface area contributed by atoms with Crippen molar-refractivity contribution in [3.8, 4) is 0 Å². The van der Waals surface area contributed by atoms with Crippen molar-refractivity contribution in [3.63, 3.8) is 0 Å². The Morgan fingerprint density at radius 2 is 0.449 bits per heavy atom. The van der Waals surface area contributed by atoms with Crippen molar-refractivity contribution in [1.82, 2.24) is 0 Å². The summed E-state index contributed by atoms with van der Waals surface area (Å²) in [7, 11) is -1.14. The predicted molar refractivity (Wildman–Crippen MR) is 235 cm³/mol. The van der Waals surface area contributed by atoms with Crippen LogP contribution in [0.4, 0.5) is 0 Å². The molecule has 0 spiro atoms. The van der Waals surface area contributed by atoms with E-state index in [0.29, 0.717) is 0 Å². The van der Waals surface area contributed by atoms with Crippen molar-refractivity contribution >= 4 is 7.26 Å². The first-order chi connectivity index (χ1) is 24.2. The molecule has 49 heavy (non-hydrogen) atoms. The monoisotopic (exact) mass is 709 g/mol. The second-order valence-electron chi connectivity index (χ2n) is 17.4. The molecule has 0 aliphatic heterocycles. The zero-order chi connectivity index (χ0) is 35.8. The summed E-state index contributed by atoms with van der Waals surface area (Å²) < 4.78 is 0. The SMILES string of the molecule is CCCCCCCCCCCCCCCCCCC(CCCCCCCCCCCCCCCC)C[PH](CCCC)(CCCC)CCCC. The first-order valence-corrected chi connectivity index (χ1v) is 27.0. The quantitative estimate of drug-likeness (QED) is 0.0437. The van der Waals surface area contributed by atoms with Crippen molar-refractivity contribution in [1.29, 1.82) is 0 Å². The molecular formula is C48H101P. The van der Waals surface area contributed by atoms with Gasteiger partial charge in [-0.1, -0.05) is 90.9 Å². The molecule has 0 rings (SSSR count). The molecule has 0 nitrogen and oxygen atoms in total. The summed E-state index contributed by atoms with van der Waals surface area (Å²) in [5.74, 6) is 1.06. The molecule has 0 aromatic heterocycles. The first-order valence-electron chi connectivity index (χ1n) is 24.2. The molecule has 1 atom stereocenters. The molecule has 0 aromatic carbocycles. The van der Waals surface area contributed by atoms with Gasteiger partial charge in [-0.2, -0.15) is 0 Å². The molecule has 0 aliphatic rings. The molecule has 0 saturated heterocycles. The molecule has 1 unspecified atom stereocenters. The Hall–Kier alpha value is 0.430. The van der Waals surface area contributed by atoms with E-state index in [2.05, 4.69) is 34.6 Å². The molecule has 0 aliphatic carbocycles. The van der Waals surface area contributed by atoms with Gasteiger partial charge in [0.25, 0.3) is 0 Å². The van der Waals surface area contributed by atoms with Gasteiger partial charge in [-0.15, -0.1) is 0 Å². The second-order valence-corrected chi connectivity index (χ2v) is 22.3. The summed E-state index contributed by atoms with van der Waals surface area (Å²) in [6.07, 6.45) is 63.1. The van der Waals surface area contributed by atoms with E-state index >= 15 is 0 Å². The van der Waals surface area contributed by atoms with Gasteiger partial charge in [0, 0.05) is 0 Å². The van der Waals surface area contributed by atoms with Crippen molar-refractivity contribution in [2.24, 2.45) is 5.92 Å². The maximum atomic E-state index is 2.45. The molecule has 0 radical (unpaired) electrons. The third-order valence-corrected chi connectivity index (χ3v) is 18.0. The molecule has 0 heterocycles. The molecule has 1 heteroatoms. The number of hydrogen-bond acceptors (Lipinski definition) is 0. The van der Waals surface area contributed by atoms with Crippen LogP contribution in [-0.2, 0) is 0 Å². The topological polar surface area (TPSA) is 0 Å². The number of rotatable bonds is 43. The molecule has 0 bridgehead atoms. The molecular weight excluding hydrogens is 608 g/mol. The third-order valence-electron chi connectivity index (χ3n) is 12.3. The van der Waals surface area contributed by atoms with Crippen LogP contribution in [0.25, 0.3) is 0 Å². The second kappa shape index (κ2) is 41.2. The zero-order valence-electron chi connectivity index (χ0n) is 35.8. The Morgan fingerprint density at radius 3 is 0.673 bits per heavy atom. The molecule has 0 amide bonds. The number of unbranched alkanes of at least 4 members (excludes halogenated alkanes) is 31. The van der Waals surface area contributed by atoms with E-state index in [4.69, 9.17) is 0 Å². The van der Waals surface area contributed by atoms with Gasteiger partial charge in [0.05, 0.1) is 0 Å². The minimum atomic E-state index is -1.14. The Labute approximate surface area is 315 Å². The molecule has 0 fully saturated rings. The van der Waals surface area contributed by atoms with Crippen LogP contribution in [0, 0.1) is 5.92 Å². The van der Waals surface area contributed by atoms with Gasteiger partial charge in [0.15, 0.2) is 0 Å². The van der Waals surface area contributed by atoms with Crippen LogP contribution in [0.2, 0.25) is 0 Å². The normalized spacial score (nSPS) is 13.0. The fourth-order valence-electron chi connectivity index (χ4n) is 8.91. The fraction of sp³-hybridized carbons (Fsp3) is 1.00. The molecule has 0 N–H and O–H groups in total. The van der Waals surface area contributed by atoms with Crippen molar-refractivity contribution in [2.45, 2.75) is 279 Å². The summed E-state index contributed by atoms with van der Waals surface area (Å²) >= 11 is 0. The van der Waals surface area contributed by atoms with Gasteiger partial charge in [-0.05, 0) is 0 Å². The van der Waals surface area contributed by atoms with Gasteiger partial charge in [-0.3, -0.25) is 0 Å². The summed E-state index contributed by atoms with van der Waals surface area (Å²) in [5, 5.41) is 0. The Morgan fingerprint density at radius 1 is 0.245 bits per heavy atom. The molecule has 298 valence electrons. The molecule has 0 saturated carbocycles. The van der Waals surface area contributed by atoms with Gasteiger partial charge < -0.3 is 0 Å². The van der Waals surface area contributed by atoms with Gasteiger partial charge in [0.1, 0.15) is 0 Å². The summed E-state index contributed by atoms with van der Waals surface area (Å²) in [6.45, 7) is 12.0. The predicted octanol–water partition coefficient (Wildman–Crippen LogP) is 18.3. The van der Waals surface area contributed by atoms with Crippen LogP contribution in [0.3, 0.4) is 0 Å². The Bertz CT molecular complexity index is 562. The van der Waals surface area contributed by atoms with E-state index in [1.54, 1.807) is 37.5 Å². The third kappa shape index (κ3) is 35.2. The number of hydrogen-bond donors (Lipinski definition) is 0. The first kappa shape index (κ1) is 49.4. The van der Waals surface area contributed by atoms with Crippen LogP contribution in [0.1, 0.15) is 279 Å². The van der Waals surface area contributed by atoms with Gasteiger partial charge >= 0.3 is 226 Å². The van der Waals surface area contributed by atoms with E-state index in [0.717, 1.165) is 5.92 Å². The van der Waals surface area contributed by atoms with Crippen molar-refractivity contribution in [3.05, 3.63) is 0 Å². The van der Waals surface area contributed by atoms with Crippen LogP contribution >= 0.6 is 7.26 Å². The summed E-state index contributed by atoms with van der Waals surface area (Å²) in [6, 6.07) is 0. The van der Waals surface area contributed by atoms with Crippen molar-refractivity contribution in [2.75, 3.05) is 24.6 Å². The van der Waals surface area contributed by atoms with Crippen LogP contribution < -0.4 is 0 Å². The van der Waals surface area contributed by atoms with Gasteiger partial charge in [0.2, 0.25) is 0 Å². The van der Waals surface area contributed by atoms with E-state index in [1.165, 1.54) is 231 Å². The fourth-order valence-corrected chi connectivity index (χ4v) is 15.2. The standard InChI is InChI=1S/C48H101P/c1-6-11-16-18-20-22-24-26-28-29-31-33-35-37-39-41-43-48(47-49(44-13-8-3,45-14-9-4)46-15-10-5)42-40-38-36-34-32-30-27-25-23-21-19-17-12-7-2/h48-49H,6-47H2,1-5H3.